The zero-order valence-electron chi connectivity index (χ0n) is 9.22. The van der Waals surface area contributed by atoms with Gasteiger partial charge in [-0.2, -0.15) is 13.8 Å². The smallest absolute Gasteiger partial charge is 0.336 e. The van der Waals surface area contributed by atoms with E-state index < -0.39 is 6.55 Å². The molecule has 4 nitrogen and oxygen atoms in total. The minimum Gasteiger partial charge on any atom is -0.378 e. The normalized spacial score (nSPS) is 16.4. The fourth-order valence-electron chi connectivity index (χ4n) is 1.75. The van der Waals surface area contributed by atoms with E-state index >= 15 is 0 Å². The fourth-order valence-corrected chi connectivity index (χ4v) is 1.75. The number of nitrogens with zero attached hydrogens (tertiary/aromatic N) is 2. The standard InChI is InChI=1S/C11H14F2N2O2/c12-11(13)15(16)10-3-1-9(2-4-10)14-5-7-17-8-6-14/h1-4,11,16H,5-8H2. The van der Waals surface area contributed by atoms with Crippen LogP contribution in [-0.2, 0) is 4.74 Å². The summed E-state index contributed by atoms with van der Waals surface area (Å²) in [5, 5.41) is 9.00. The maximum absolute atomic E-state index is 12.2. The van der Waals surface area contributed by atoms with E-state index in [-0.39, 0.29) is 10.8 Å². The van der Waals surface area contributed by atoms with Crippen molar-refractivity contribution in [3.05, 3.63) is 24.3 Å². The maximum atomic E-state index is 12.2. The van der Waals surface area contributed by atoms with E-state index in [0.717, 1.165) is 18.8 Å². The first-order valence-electron chi connectivity index (χ1n) is 5.37. The SMILES string of the molecule is ON(c1ccc(N2CCOCC2)cc1)C(F)F. The predicted molar refractivity (Wildman–Crippen MR) is 59.7 cm³/mol. The Hall–Kier alpha value is -1.40. The molecule has 1 aliphatic heterocycles. The fraction of sp³-hybridized carbons (Fsp3) is 0.455. The van der Waals surface area contributed by atoms with Gasteiger partial charge in [-0.05, 0) is 24.3 Å². The molecule has 0 spiro atoms. The van der Waals surface area contributed by atoms with Gasteiger partial charge < -0.3 is 9.64 Å². The Morgan fingerprint density at radius 1 is 1.18 bits per heavy atom. The minimum atomic E-state index is -2.91. The first-order valence-corrected chi connectivity index (χ1v) is 5.37. The Kier molecular flexibility index (Phi) is 3.75. The van der Waals surface area contributed by atoms with Gasteiger partial charge in [0.1, 0.15) is 0 Å². The number of hydroxylamine groups is 1. The number of ether oxygens (including phenoxy) is 1. The molecule has 1 aromatic carbocycles. The minimum absolute atomic E-state index is 0.0525. The number of hydrogen-bond donors (Lipinski definition) is 1. The van der Waals surface area contributed by atoms with E-state index in [9.17, 15) is 8.78 Å². The van der Waals surface area contributed by atoms with Crippen molar-refractivity contribution in [1.82, 2.24) is 0 Å². The molecule has 17 heavy (non-hydrogen) atoms. The second kappa shape index (κ2) is 5.29. The molecule has 0 bridgehead atoms. The summed E-state index contributed by atoms with van der Waals surface area (Å²) in [7, 11) is 0. The third-order valence-corrected chi connectivity index (χ3v) is 2.68. The molecular formula is C11H14F2N2O2. The van der Waals surface area contributed by atoms with Gasteiger partial charge in [-0.3, -0.25) is 5.21 Å². The molecule has 6 heteroatoms. The highest BCUT2D eigenvalue weighted by Crippen LogP contribution is 2.22. The number of benzene rings is 1. The molecule has 0 radical (unpaired) electrons. The lowest BCUT2D eigenvalue weighted by Gasteiger charge is -2.29. The van der Waals surface area contributed by atoms with Crippen LogP contribution in [0.25, 0.3) is 0 Å². The van der Waals surface area contributed by atoms with E-state index in [2.05, 4.69) is 4.90 Å². The number of rotatable bonds is 3. The van der Waals surface area contributed by atoms with Crippen LogP contribution in [0.5, 0.6) is 0 Å². The zero-order chi connectivity index (χ0) is 12.3. The second-order valence-corrected chi connectivity index (χ2v) is 3.74. The molecule has 1 saturated heterocycles. The Labute approximate surface area is 98.0 Å². The van der Waals surface area contributed by atoms with Crippen molar-refractivity contribution in [2.24, 2.45) is 0 Å². The van der Waals surface area contributed by atoms with Gasteiger partial charge in [0.2, 0.25) is 0 Å². The molecule has 1 aromatic rings. The second-order valence-electron chi connectivity index (χ2n) is 3.74. The molecule has 1 fully saturated rings. The zero-order valence-corrected chi connectivity index (χ0v) is 9.22. The topological polar surface area (TPSA) is 35.9 Å². The van der Waals surface area contributed by atoms with Crippen molar-refractivity contribution in [2.45, 2.75) is 6.55 Å². The van der Waals surface area contributed by atoms with Crippen molar-refractivity contribution in [3.8, 4) is 0 Å². The Bertz CT molecular complexity index is 353. The third kappa shape index (κ3) is 2.83. The van der Waals surface area contributed by atoms with Crippen LogP contribution in [0.2, 0.25) is 0 Å². The van der Waals surface area contributed by atoms with Gasteiger partial charge in [0.25, 0.3) is 0 Å². The van der Waals surface area contributed by atoms with E-state index in [0.29, 0.717) is 13.2 Å². The number of morpholine rings is 1. The average Bonchev–Trinajstić information content (AvgIpc) is 2.39. The van der Waals surface area contributed by atoms with Crippen LogP contribution in [-0.4, -0.2) is 38.1 Å². The van der Waals surface area contributed by atoms with Crippen LogP contribution in [0.4, 0.5) is 20.2 Å². The first kappa shape index (κ1) is 12.1. The van der Waals surface area contributed by atoms with Crippen molar-refractivity contribution in [1.29, 1.82) is 0 Å². The summed E-state index contributed by atoms with van der Waals surface area (Å²) in [6.07, 6.45) is 0. The van der Waals surface area contributed by atoms with Gasteiger partial charge in [-0.25, -0.2) is 0 Å². The summed E-state index contributed by atoms with van der Waals surface area (Å²) in [5.74, 6) is 0. The molecule has 0 atom stereocenters. The summed E-state index contributed by atoms with van der Waals surface area (Å²) in [6.45, 7) is 0.00778. The summed E-state index contributed by atoms with van der Waals surface area (Å²) < 4.78 is 29.7. The van der Waals surface area contributed by atoms with Crippen LogP contribution >= 0.6 is 0 Å². The molecule has 2 rings (SSSR count). The monoisotopic (exact) mass is 244 g/mol. The largest absolute Gasteiger partial charge is 0.378 e. The Morgan fingerprint density at radius 2 is 1.76 bits per heavy atom. The molecule has 1 heterocycles. The van der Waals surface area contributed by atoms with E-state index in [1.54, 1.807) is 12.1 Å². The molecule has 94 valence electrons. The average molecular weight is 244 g/mol. The number of anilines is 2. The Balaban J connectivity index is 2.06. The predicted octanol–water partition coefficient (Wildman–Crippen LogP) is 1.94. The lowest BCUT2D eigenvalue weighted by Crippen LogP contribution is -2.36. The maximum Gasteiger partial charge on any atom is 0.336 e. The highest BCUT2D eigenvalue weighted by Gasteiger charge is 2.15. The molecule has 0 unspecified atom stereocenters. The molecule has 0 amide bonds. The summed E-state index contributed by atoms with van der Waals surface area (Å²) in [5.41, 5.74) is 1.02. The summed E-state index contributed by atoms with van der Waals surface area (Å²) in [6, 6.07) is 6.37. The highest BCUT2D eigenvalue weighted by atomic mass is 19.3. The van der Waals surface area contributed by atoms with Gasteiger partial charge in [-0.1, -0.05) is 0 Å². The van der Waals surface area contributed by atoms with Crippen molar-refractivity contribution in [3.63, 3.8) is 0 Å². The van der Waals surface area contributed by atoms with Crippen molar-refractivity contribution in [2.75, 3.05) is 36.3 Å². The van der Waals surface area contributed by atoms with Crippen LogP contribution in [0.15, 0.2) is 24.3 Å². The van der Waals surface area contributed by atoms with Crippen LogP contribution in [0, 0.1) is 0 Å². The molecule has 0 saturated carbocycles. The van der Waals surface area contributed by atoms with E-state index in [1.165, 1.54) is 12.1 Å². The quantitative estimate of drug-likeness (QED) is 0.651. The highest BCUT2D eigenvalue weighted by molar-refractivity contribution is 5.55. The summed E-state index contributed by atoms with van der Waals surface area (Å²) >= 11 is 0. The van der Waals surface area contributed by atoms with Crippen LogP contribution in [0.1, 0.15) is 0 Å². The number of hydrogen-bond acceptors (Lipinski definition) is 4. The van der Waals surface area contributed by atoms with Gasteiger partial charge in [-0.15, -0.1) is 0 Å². The van der Waals surface area contributed by atoms with Crippen LogP contribution in [0.3, 0.4) is 0 Å². The van der Waals surface area contributed by atoms with Gasteiger partial charge in [0.05, 0.1) is 18.9 Å². The van der Waals surface area contributed by atoms with Crippen molar-refractivity contribution < 1.29 is 18.7 Å². The first-order chi connectivity index (χ1) is 8.18. The van der Waals surface area contributed by atoms with Gasteiger partial charge >= 0.3 is 6.55 Å². The lowest BCUT2D eigenvalue weighted by molar-refractivity contribution is 0.0411. The molecule has 1 N–H and O–H groups in total. The Morgan fingerprint density at radius 3 is 2.29 bits per heavy atom. The molecular weight excluding hydrogens is 230 g/mol. The molecule has 1 aliphatic rings. The third-order valence-electron chi connectivity index (χ3n) is 2.68. The van der Waals surface area contributed by atoms with Gasteiger partial charge in [0.15, 0.2) is 0 Å². The summed E-state index contributed by atoms with van der Waals surface area (Å²) in [4.78, 5) is 2.11. The molecule has 0 aliphatic carbocycles. The molecule has 0 aromatic heterocycles. The van der Waals surface area contributed by atoms with Gasteiger partial charge in [0, 0.05) is 18.8 Å². The van der Waals surface area contributed by atoms with E-state index in [4.69, 9.17) is 9.94 Å². The number of alkyl halides is 2. The van der Waals surface area contributed by atoms with Crippen LogP contribution < -0.4 is 9.96 Å². The van der Waals surface area contributed by atoms with Crippen molar-refractivity contribution >= 4 is 11.4 Å². The van der Waals surface area contributed by atoms with E-state index in [1.807, 2.05) is 0 Å². The number of halogens is 2. The lowest BCUT2D eigenvalue weighted by atomic mass is 10.2.